The third-order valence-electron chi connectivity index (χ3n) is 5.83. The maximum Gasteiger partial charge on any atom is 0.253 e. The van der Waals surface area contributed by atoms with E-state index in [9.17, 15) is 4.79 Å². The van der Waals surface area contributed by atoms with E-state index in [1.165, 1.54) is 5.56 Å². The molecule has 168 valence electrons. The zero-order chi connectivity index (χ0) is 22.5. The highest BCUT2D eigenvalue weighted by atomic mass is 32.1. The van der Waals surface area contributed by atoms with Crippen molar-refractivity contribution < 1.29 is 9.47 Å². The standard InChI is InChI=1S/C25H29N3O3S/c1-3-17-6-11-23-18(13-17)14-19(24(29)27-23)15-28(16-22-5-4-12-31-22)25(32)26-20-7-9-21(30-2)10-8-20/h6-11,13-14,22H,3-5,12,15-16H2,1-2H3,(H,26,32)(H,27,29)/t22-/m1/s1. The lowest BCUT2D eigenvalue weighted by molar-refractivity contribution is 0.0904. The maximum absolute atomic E-state index is 12.8. The van der Waals surface area contributed by atoms with Gasteiger partial charge in [0.25, 0.3) is 5.56 Å². The summed E-state index contributed by atoms with van der Waals surface area (Å²) >= 11 is 5.75. The van der Waals surface area contributed by atoms with Gasteiger partial charge in [0.1, 0.15) is 5.75 Å². The Labute approximate surface area is 193 Å². The molecule has 6 nitrogen and oxygen atoms in total. The zero-order valence-electron chi connectivity index (χ0n) is 18.5. The fourth-order valence-electron chi connectivity index (χ4n) is 3.97. The number of fused-ring (bicyclic) bond motifs is 1. The number of nitrogens with zero attached hydrogens (tertiary/aromatic N) is 1. The summed E-state index contributed by atoms with van der Waals surface area (Å²) in [6, 6.07) is 15.7. The van der Waals surface area contributed by atoms with Crippen molar-refractivity contribution in [1.82, 2.24) is 9.88 Å². The minimum Gasteiger partial charge on any atom is -0.497 e. The van der Waals surface area contributed by atoms with Gasteiger partial charge in [0.2, 0.25) is 0 Å². The monoisotopic (exact) mass is 451 g/mol. The largest absolute Gasteiger partial charge is 0.497 e. The summed E-state index contributed by atoms with van der Waals surface area (Å²) in [5.41, 5.74) is 3.55. The number of H-pyrrole nitrogens is 1. The van der Waals surface area contributed by atoms with Crippen LogP contribution in [0.15, 0.2) is 53.3 Å². The fraction of sp³-hybridized carbons (Fsp3) is 0.360. The Morgan fingerprint density at radius 3 is 2.75 bits per heavy atom. The summed E-state index contributed by atoms with van der Waals surface area (Å²) in [6.45, 7) is 3.94. The highest BCUT2D eigenvalue weighted by Crippen LogP contribution is 2.20. The molecular formula is C25H29N3O3S. The van der Waals surface area contributed by atoms with Crippen LogP contribution in [0.2, 0.25) is 0 Å². The fourth-order valence-corrected chi connectivity index (χ4v) is 4.23. The molecule has 1 saturated heterocycles. The van der Waals surface area contributed by atoms with Gasteiger partial charge in [0.05, 0.1) is 19.8 Å². The van der Waals surface area contributed by atoms with E-state index in [1.54, 1.807) is 7.11 Å². The Morgan fingerprint density at radius 1 is 1.25 bits per heavy atom. The number of methoxy groups -OCH3 is 1. The lowest BCUT2D eigenvalue weighted by Gasteiger charge is -2.28. The number of rotatable bonds is 7. The van der Waals surface area contributed by atoms with Gasteiger partial charge in [-0.05, 0) is 84.9 Å². The van der Waals surface area contributed by atoms with Crippen LogP contribution in [0.3, 0.4) is 0 Å². The normalized spacial score (nSPS) is 15.6. The summed E-state index contributed by atoms with van der Waals surface area (Å²) in [6.07, 6.45) is 3.10. The molecule has 1 fully saturated rings. The van der Waals surface area contributed by atoms with E-state index in [2.05, 4.69) is 29.4 Å². The van der Waals surface area contributed by atoms with Crippen LogP contribution < -0.4 is 15.6 Å². The SMILES string of the molecule is CCc1ccc2[nH]c(=O)c(CN(C[C@H]3CCCO3)C(=S)Nc3ccc(OC)cc3)cc2c1. The molecule has 0 bridgehead atoms. The Kier molecular flexibility index (Phi) is 7.07. The molecule has 32 heavy (non-hydrogen) atoms. The molecule has 7 heteroatoms. The molecule has 1 atom stereocenters. The summed E-state index contributed by atoms with van der Waals surface area (Å²) in [7, 11) is 1.64. The van der Waals surface area contributed by atoms with Crippen LogP contribution in [0, 0.1) is 0 Å². The minimum absolute atomic E-state index is 0.0914. The van der Waals surface area contributed by atoms with Gasteiger partial charge in [0.15, 0.2) is 5.11 Å². The highest BCUT2D eigenvalue weighted by molar-refractivity contribution is 7.80. The summed E-state index contributed by atoms with van der Waals surface area (Å²) < 4.78 is 11.1. The van der Waals surface area contributed by atoms with Gasteiger partial charge >= 0.3 is 0 Å². The Bertz CT molecular complexity index is 1140. The Morgan fingerprint density at radius 2 is 2.06 bits per heavy atom. The maximum atomic E-state index is 12.8. The molecule has 4 rings (SSSR count). The van der Waals surface area contributed by atoms with Crippen LogP contribution in [0.1, 0.15) is 30.9 Å². The summed E-state index contributed by atoms with van der Waals surface area (Å²) in [5, 5.41) is 4.89. The molecule has 1 aliphatic rings. The molecule has 0 amide bonds. The van der Waals surface area contributed by atoms with Gasteiger partial charge in [-0.15, -0.1) is 0 Å². The lowest BCUT2D eigenvalue weighted by Crippen LogP contribution is -2.40. The van der Waals surface area contributed by atoms with Gasteiger partial charge in [-0.1, -0.05) is 13.0 Å². The predicted molar refractivity (Wildman–Crippen MR) is 133 cm³/mol. The molecule has 3 aromatic rings. The van der Waals surface area contributed by atoms with Crippen LogP contribution in [0.4, 0.5) is 5.69 Å². The van der Waals surface area contributed by atoms with Crippen molar-refractivity contribution in [1.29, 1.82) is 0 Å². The van der Waals surface area contributed by atoms with E-state index in [0.29, 0.717) is 23.8 Å². The highest BCUT2D eigenvalue weighted by Gasteiger charge is 2.22. The van der Waals surface area contributed by atoms with Crippen LogP contribution in [0.5, 0.6) is 5.75 Å². The first-order valence-corrected chi connectivity index (χ1v) is 11.4. The number of hydrogen-bond acceptors (Lipinski definition) is 4. The second kappa shape index (κ2) is 10.1. The molecule has 2 N–H and O–H groups in total. The number of hydrogen-bond donors (Lipinski definition) is 2. The first kappa shape index (κ1) is 22.3. The summed E-state index contributed by atoms with van der Waals surface area (Å²) in [4.78, 5) is 17.9. The third kappa shape index (κ3) is 5.29. The van der Waals surface area contributed by atoms with E-state index in [1.807, 2.05) is 41.3 Å². The molecule has 0 unspecified atom stereocenters. The molecule has 1 aromatic heterocycles. The van der Waals surface area contributed by atoms with Crippen LogP contribution in [-0.4, -0.2) is 41.4 Å². The number of anilines is 1. The van der Waals surface area contributed by atoms with Crippen molar-refractivity contribution >= 4 is 33.9 Å². The smallest absolute Gasteiger partial charge is 0.253 e. The number of aryl methyl sites for hydroxylation is 1. The van der Waals surface area contributed by atoms with Gasteiger partial charge in [-0.3, -0.25) is 4.79 Å². The molecule has 0 saturated carbocycles. The predicted octanol–water partition coefficient (Wildman–Crippen LogP) is 4.48. The molecule has 0 spiro atoms. The summed E-state index contributed by atoms with van der Waals surface area (Å²) in [5.74, 6) is 0.784. The topological polar surface area (TPSA) is 66.6 Å². The first-order valence-electron chi connectivity index (χ1n) is 11.0. The average Bonchev–Trinajstić information content (AvgIpc) is 3.32. The second-order valence-electron chi connectivity index (χ2n) is 8.07. The number of ether oxygens (including phenoxy) is 2. The molecular weight excluding hydrogens is 422 g/mol. The third-order valence-corrected chi connectivity index (χ3v) is 6.19. The minimum atomic E-state index is -0.0914. The number of aromatic nitrogens is 1. The van der Waals surface area contributed by atoms with Gasteiger partial charge in [-0.25, -0.2) is 0 Å². The quantitative estimate of drug-likeness (QED) is 0.517. The van der Waals surface area contributed by atoms with Gasteiger partial charge < -0.3 is 24.7 Å². The average molecular weight is 452 g/mol. The molecule has 0 aliphatic carbocycles. The first-order chi connectivity index (χ1) is 15.6. The number of benzene rings is 2. The molecule has 0 radical (unpaired) electrons. The number of pyridine rings is 1. The molecule has 2 heterocycles. The number of aromatic amines is 1. The van der Waals surface area contributed by atoms with Crippen molar-refractivity contribution in [3.05, 3.63) is 70.0 Å². The lowest BCUT2D eigenvalue weighted by atomic mass is 10.1. The molecule has 2 aromatic carbocycles. The van der Waals surface area contributed by atoms with Crippen molar-refractivity contribution in [2.24, 2.45) is 0 Å². The van der Waals surface area contributed by atoms with Crippen LogP contribution >= 0.6 is 12.2 Å². The van der Waals surface area contributed by atoms with E-state index in [4.69, 9.17) is 21.7 Å². The zero-order valence-corrected chi connectivity index (χ0v) is 19.3. The molecule has 1 aliphatic heterocycles. The van der Waals surface area contributed by atoms with Crippen molar-refractivity contribution in [2.45, 2.75) is 38.8 Å². The number of nitrogens with one attached hydrogen (secondary N) is 2. The number of thiocarbonyl (C=S) groups is 1. The van der Waals surface area contributed by atoms with E-state index < -0.39 is 0 Å². The van der Waals surface area contributed by atoms with Crippen LogP contribution in [-0.2, 0) is 17.7 Å². The van der Waals surface area contributed by atoms with Crippen molar-refractivity contribution in [3.63, 3.8) is 0 Å². The Balaban J connectivity index is 1.58. The van der Waals surface area contributed by atoms with E-state index in [0.717, 1.165) is 48.2 Å². The van der Waals surface area contributed by atoms with Crippen molar-refractivity contribution in [2.75, 3.05) is 25.6 Å². The Hall–Kier alpha value is -2.90. The van der Waals surface area contributed by atoms with E-state index >= 15 is 0 Å². The van der Waals surface area contributed by atoms with Crippen LogP contribution in [0.25, 0.3) is 10.9 Å². The second-order valence-corrected chi connectivity index (χ2v) is 8.46. The van der Waals surface area contributed by atoms with Gasteiger partial charge in [0, 0.05) is 29.9 Å². The van der Waals surface area contributed by atoms with Crippen molar-refractivity contribution in [3.8, 4) is 5.75 Å². The van der Waals surface area contributed by atoms with Gasteiger partial charge in [-0.2, -0.15) is 0 Å². The van der Waals surface area contributed by atoms with E-state index in [-0.39, 0.29) is 11.7 Å².